The van der Waals surface area contributed by atoms with Crippen LogP contribution < -0.4 is 5.32 Å². The van der Waals surface area contributed by atoms with E-state index >= 15 is 0 Å². The zero-order valence-electron chi connectivity index (χ0n) is 10.7. The highest BCUT2D eigenvalue weighted by atomic mass is 35.5. The van der Waals surface area contributed by atoms with Crippen LogP contribution in [0.5, 0.6) is 0 Å². The molecular weight excluding hydrogens is 246 g/mol. The minimum absolute atomic E-state index is 0.0438. The van der Waals surface area contributed by atoms with Gasteiger partial charge in [-0.05, 0) is 32.4 Å². The lowest BCUT2D eigenvalue weighted by Crippen LogP contribution is -2.01. The summed E-state index contributed by atoms with van der Waals surface area (Å²) in [6.45, 7) is 5.79. The van der Waals surface area contributed by atoms with Crippen molar-refractivity contribution in [2.24, 2.45) is 0 Å². The minimum Gasteiger partial charge on any atom is -0.340 e. The fourth-order valence-corrected chi connectivity index (χ4v) is 2.07. The number of hydrogen-bond donors (Lipinski definition) is 1. The average Bonchev–Trinajstić information content (AvgIpc) is 2.27. The van der Waals surface area contributed by atoms with E-state index in [1.807, 2.05) is 51.1 Å². The van der Waals surface area contributed by atoms with Crippen molar-refractivity contribution < 1.29 is 0 Å². The number of benzene rings is 1. The van der Waals surface area contributed by atoms with Crippen LogP contribution in [-0.4, -0.2) is 9.97 Å². The molecule has 0 radical (unpaired) electrons. The molecule has 3 nitrogen and oxygen atoms in total. The van der Waals surface area contributed by atoms with Crippen LogP contribution in [0.4, 0.5) is 11.5 Å². The van der Waals surface area contributed by atoms with Crippen LogP contribution in [0.2, 0.25) is 0 Å². The fourth-order valence-electron chi connectivity index (χ4n) is 1.88. The van der Waals surface area contributed by atoms with Gasteiger partial charge in [0.2, 0.25) is 0 Å². The van der Waals surface area contributed by atoms with Gasteiger partial charge in [0.05, 0.1) is 5.38 Å². The maximum absolute atomic E-state index is 6.16. The van der Waals surface area contributed by atoms with Crippen molar-refractivity contribution in [1.82, 2.24) is 9.97 Å². The number of alkyl halides is 1. The largest absolute Gasteiger partial charge is 0.340 e. The standard InChI is InChI=1S/C14H16ClN3/c1-9-8-14(17-11(3)16-9)18-13-7-5-4-6-12(13)10(2)15/h4-8,10H,1-3H3,(H,16,17,18). The van der Waals surface area contributed by atoms with Crippen LogP contribution in [0.25, 0.3) is 0 Å². The SMILES string of the molecule is Cc1cc(Nc2ccccc2C(C)Cl)nc(C)n1. The Hall–Kier alpha value is -1.61. The van der Waals surface area contributed by atoms with Crippen molar-refractivity contribution in [3.8, 4) is 0 Å². The lowest BCUT2D eigenvalue weighted by Gasteiger charge is -2.13. The van der Waals surface area contributed by atoms with Gasteiger partial charge in [0.25, 0.3) is 0 Å². The van der Waals surface area contributed by atoms with E-state index in [9.17, 15) is 0 Å². The molecule has 0 spiro atoms. The van der Waals surface area contributed by atoms with Crippen LogP contribution in [0.15, 0.2) is 30.3 Å². The Morgan fingerprint density at radius 3 is 2.56 bits per heavy atom. The summed E-state index contributed by atoms with van der Waals surface area (Å²) >= 11 is 6.16. The lowest BCUT2D eigenvalue weighted by atomic mass is 10.1. The molecule has 2 aromatic rings. The van der Waals surface area contributed by atoms with Crippen LogP contribution >= 0.6 is 11.6 Å². The van der Waals surface area contributed by atoms with Crippen molar-refractivity contribution in [3.63, 3.8) is 0 Å². The summed E-state index contributed by atoms with van der Waals surface area (Å²) in [5.74, 6) is 1.55. The van der Waals surface area contributed by atoms with Gasteiger partial charge in [-0.3, -0.25) is 0 Å². The van der Waals surface area contributed by atoms with E-state index in [-0.39, 0.29) is 5.38 Å². The second kappa shape index (κ2) is 5.36. The molecular formula is C14H16ClN3. The van der Waals surface area contributed by atoms with E-state index in [1.54, 1.807) is 0 Å². The highest BCUT2D eigenvalue weighted by Crippen LogP contribution is 2.28. The predicted octanol–water partition coefficient (Wildman–Crippen LogP) is 4.14. The summed E-state index contributed by atoms with van der Waals surface area (Å²) in [5.41, 5.74) is 2.99. The summed E-state index contributed by atoms with van der Waals surface area (Å²) in [5, 5.41) is 3.26. The van der Waals surface area contributed by atoms with Crippen molar-refractivity contribution in [2.45, 2.75) is 26.1 Å². The molecule has 0 aliphatic heterocycles. The van der Waals surface area contributed by atoms with E-state index in [0.29, 0.717) is 0 Å². The third kappa shape index (κ3) is 2.99. The molecule has 1 unspecified atom stereocenters. The average molecular weight is 262 g/mol. The van der Waals surface area contributed by atoms with Gasteiger partial charge in [-0.25, -0.2) is 9.97 Å². The lowest BCUT2D eigenvalue weighted by molar-refractivity contribution is 1.01. The molecule has 0 amide bonds. The van der Waals surface area contributed by atoms with Crippen molar-refractivity contribution in [3.05, 3.63) is 47.4 Å². The van der Waals surface area contributed by atoms with Gasteiger partial charge in [0.15, 0.2) is 0 Å². The predicted molar refractivity (Wildman–Crippen MR) is 75.5 cm³/mol. The second-order valence-corrected chi connectivity index (χ2v) is 4.92. The van der Waals surface area contributed by atoms with E-state index in [1.165, 1.54) is 0 Å². The number of hydrogen-bond acceptors (Lipinski definition) is 3. The molecule has 1 heterocycles. The normalized spacial score (nSPS) is 12.2. The van der Waals surface area contributed by atoms with Gasteiger partial charge < -0.3 is 5.32 Å². The Kier molecular flexibility index (Phi) is 3.82. The van der Waals surface area contributed by atoms with E-state index < -0.39 is 0 Å². The molecule has 0 saturated carbocycles. The van der Waals surface area contributed by atoms with Gasteiger partial charge in [-0.1, -0.05) is 18.2 Å². The molecule has 2 rings (SSSR count). The Morgan fingerprint density at radius 2 is 1.89 bits per heavy atom. The number of anilines is 2. The van der Waals surface area contributed by atoms with Crippen LogP contribution in [0.3, 0.4) is 0 Å². The molecule has 18 heavy (non-hydrogen) atoms. The summed E-state index contributed by atoms with van der Waals surface area (Å²) in [6, 6.07) is 9.90. The van der Waals surface area contributed by atoms with Crippen LogP contribution in [0, 0.1) is 13.8 Å². The number of aromatic nitrogens is 2. The van der Waals surface area contributed by atoms with E-state index in [2.05, 4.69) is 15.3 Å². The molecule has 1 N–H and O–H groups in total. The number of para-hydroxylation sites is 1. The van der Waals surface area contributed by atoms with Crippen LogP contribution in [-0.2, 0) is 0 Å². The monoisotopic (exact) mass is 261 g/mol. The maximum atomic E-state index is 6.16. The molecule has 0 bridgehead atoms. The third-order valence-corrected chi connectivity index (χ3v) is 2.85. The number of aryl methyl sites for hydroxylation is 2. The quantitative estimate of drug-likeness (QED) is 0.844. The number of halogens is 1. The summed E-state index contributed by atoms with van der Waals surface area (Å²) in [7, 11) is 0. The second-order valence-electron chi connectivity index (χ2n) is 4.27. The first-order chi connectivity index (χ1) is 8.56. The number of rotatable bonds is 3. The van der Waals surface area contributed by atoms with E-state index in [4.69, 9.17) is 11.6 Å². The summed E-state index contributed by atoms with van der Waals surface area (Å²) in [4.78, 5) is 8.62. The summed E-state index contributed by atoms with van der Waals surface area (Å²) < 4.78 is 0. The number of nitrogens with zero attached hydrogens (tertiary/aromatic N) is 2. The van der Waals surface area contributed by atoms with Crippen molar-refractivity contribution in [2.75, 3.05) is 5.32 Å². The molecule has 4 heteroatoms. The molecule has 0 aliphatic carbocycles. The Balaban J connectivity index is 2.34. The van der Waals surface area contributed by atoms with Crippen molar-refractivity contribution >= 4 is 23.1 Å². The van der Waals surface area contributed by atoms with Gasteiger partial charge >= 0.3 is 0 Å². The highest BCUT2D eigenvalue weighted by molar-refractivity contribution is 6.21. The first-order valence-electron chi connectivity index (χ1n) is 5.88. The number of nitrogens with one attached hydrogen (secondary N) is 1. The zero-order valence-corrected chi connectivity index (χ0v) is 11.5. The van der Waals surface area contributed by atoms with Gasteiger partial charge in [-0.2, -0.15) is 0 Å². The molecule has 0 saturated heterocycles. The fraction of sp³-hybridized carbons (Fsp3) is 0.286. The minimum atomic E-state index is -0.0438. The molecule has 94 valence electrons. The van der Waals surface area contributed by atoms with Gasteiger partial charge in [0, 0.05) is 17.4 Å². The maximum Gasteiger partial charge on any atom is 0.134 e. The highest BCUT2D eigenvalue weighted by Gasteiger charge is 2.08. The Labute approximate surface area is 112 Å². The topological polar surface area (TPSA) is 37.8 Å². The molecule has 0 fully saturated rings. The summed E-state index contributed by atoms with van der Waals surface area (Å²) in [6.07, 6.45) is 0. The zero-order chi connectivity index (χ0) is 13.1. The van der Waals surface area contributed by atoms with Gasteiger partial charge in [-0.15, -0.1) is 11.6 Å². The van der Waals surface area contributed by atoms with Gasteiger partial charge in [0.1, 0.15) is 11.6 Å². The van der Waals surface area contributed by atoms with Crippen LogP contribution in [0.1, 0.15) is 29.4 Å². The Bertz CT molecular complexity index is 532. The van der Waals surface area contributed by atoms with Crippen molar-refractivity contribution in [1.29, 1.82) is 0 Å². The first kappa shape index (κ1) is 12.8. The molecule has 0 aliphatic rings. The smallest absolute Gasteiger partial charge is 0.134 e. The molecule has 1 aromatic carbocycles. The molecule has 1 atom stereocenters. The third-order valence-electron chi connectivity index (χ3n) is 2.62. The first-order valence-corrected chi connectivity index (χ1v) is 6.32. The van der Waals surface area contributed by atoms with E-state index in [0.717, 1.165) is 28.6 Å². The Morgan fingerprint density at radius 1 is 1.17 bits per heavy atom. The molecule has 1 aromatic heterocycles.